The molecule has 0 saturated heterocycles. The van der Waals surface area contributed by atoms with Gasteiger partial charge in [-0.05, 0) is 37.0 Å². The minimum atomic E-state index is -0.128. The first kappa shape index (κ1) is 30.5. The van der Waals surface area contributed by atoms with Gasteiger partial charge in [-0.3, -0.25) is 9.59 Å². The van der Waals surface area contributed by atoms with Gasteiger partial charge in [0.15, 0.2) is 0 Å². The Balaban J connectivity index is 1.81. The lowest BCUT2D eigenvalue weighted by Gasteiger charge is -2.06. The summed E-state index contributed by atoms with van der Waals surface area (Å²) < 4.78 is 10.6. The van der Waals surface area contributed by atoms with E-state index in [4.69, 9.17) is 21.1 Å². The van der Waals surface area contributed by atoms with Gasteiger partial charge in [0.05, 0.1) is 13.2 Å². The first-order valence-corrected chi connectivity index (χ1v) is 14.0. The number of esters is 2. The molecule has 0 N–H and O–H groups in total. The summed E-state index contributed by atoms with van der Waals surface area (Å²) in [4.78, 5) is 23.6. The second-order valence-corrected chi connectivity index (χ2v) is 9.71. The third-order valence-electron chi connectivity index (χ3n) is 6.07. The highest BCUT2D eigenvalue weighted by molar-refractivity contribution is 6.30. The highest BCUT2D eigenvalue weighted by Crippen LogP contribution is 2.13. The van der Waals surface area contributed by atoms with Gasteiger partial charge in [0.25, 0.3) is 0 Å². The predicted molar refractivity (Wildman–Crippen MR) is 141 cm³/mol. The van der Waals surface area contributed by atoms with Crippen molar-refractivity contribution < 1.29 is 19.1 Å². The number of hydrogen-bond acceptors (Lipinski definition) is 4. The first-order chi connectivity index (χ1) is 16.6. The molecule has 0 bridgehead atoms. The van der Waals surface area contributed by atoms with Crippen molar-refractivity contribution in [1.29, 1.82) is 0 Å². The van der Waals surface area contributed by atoms with E-state index in [1.165, 1.54) is 44.9 Å². The number of carbonyl (C=O) groups excluding carboxylic acids is 2. The molecule has 0 aromatic heterocycles. The number of carbonyl (C=O) groups is 2. The Morgan fingerprint density at radius 2 is 1.18 bits per heavy atom. The Bertz CT molecular complexity index is 647. The number of rotatable bonds is 22. The summed E-state index contributed by atoms with van der Waals surface area (Å²) in [5.41, 5.74) is 1.08. The number of unbranched alkanes of at least 4 members (excludes halogenated alkanes) is 13. The molecule has 0 fully saturated rings. The van der Waals surface area contributed by atoms with Crippen molar-refractivity contribution in [3.05, 3.63) is 34.9 Å². The summed E-state index contributed by atoms with van der Waals surface area (Å²) in [6.45, 7) is 3.22. The van der Waals surface area contributed by atoms with Crippen molar-refractivity contribution in [3.63, 3.8) is 0 Å². The van der Waals surface area contributed by atoms with Crippen LogP contribution >= 0.6 is 11.6 Å². The van der Waals surface area contributed by atoms with E-state index in [9.17, 15) is 9.59 Å². The van der Waals surface area contributed by atoms with Gasteiger partial charge in [-0.1, -0.05) is 108 Å². The fraction of sp³-hybridized carbons (Fsp3) is 0.724. The lowest BCUT2D eigenvalue weighted by atomic mass is 10.1. The fourth-order valence-corrected chi connectivity index (χ4v) is 4.18. The molecule has 5 heteroatoms. The standard InChI is InChI=1S/C29H47ClO4/c1-2-3-4-5-6-7-10-13-16-23-33-28(31)20-14-11-8-9-12-15-21-29(32)34-24-22-26-18-17-19-27(30)25-26/h17-19,25H,2-16,20-24H2,1H3. The van der Waals surface area contributed by atoms with Crippen LogP contribution < -0.4 is 0 Å². The molecule has 194 valence electrons. The molecule has 0 unspecified atom stereocenters. The summed E-state index contributed by atoms with van der Waals surface area (Å²) in [5, 5.41) is 0.704. The summed E-state index contributed by atoms with van der Waals surface area (Å²) in [6, 6.07) is 7.62. The Morgan fingerprint density at radius 3 is 1.74 bits per heavy atom. The van der Waals surface area contributed by atoms with Crippen molar-refractivity contribution in [2.24, 2.45) is 0 Å². The average molecular weight is 495 g/mol. The predicted octanol–water partition coefficient (Wildman–Crippen LogP) is 8.62. The largest absolute Gasteiger partial charge is 0.466 e. The van der Waals surface area contributed by atoms with Crippen LogP contribution in [0.2, 0.25) is 5.02 Å². The Morgan fingerprint density at radius 1 is 0.676 bits per heavy atom. The second kappa shape index (κ2) is 21.9. The SMILES string of the molecule is CCCCCCCCCCCOC(=O)CCCCCCCCC(=O)OCCc1cccc(Cl)c1. The molecule has 0 aliphatic rings. The molecule has 0 aliphatic carbocycles. The van der Waals surface area contributed by atoms with Gasteiger partial charge in [-0.25, -0.2) is 0 Å². The van der Waals surface area contributed by atoms with Gasteiger partial charge < -0.3 is 9.47 Å². The van der Waals surface area contributed by atoms with Crippen LogP contribution in [0.25, 0.3) is 0 Å². The van der Waals surface area contributed by atoms with Crippen LogP contribution in [0.5, 0.6) is 0 Å². The van der Waals surface area contributed by atoms with Gasteiger partial charge in [-0.2, -0.15) is 0 Å². The van der Waals surface area contributed by atoms with E-state index in [-0.39, 0.29) is 11.9 Å². The van der Waals surface area contributed by atoms with Crippen LogP contribution in [0.1, 0.15) is 122 Å². The van der Waals surface area contributed by atoms with Crippen molar-refractivity contribution in [3.8, 4) is 0 Å². The summed E-state index contributed by atoms with van der Waals surface area (Å²) >= 11 is 5.95. The van der Waals surface area contributed by atoms with E-state index in [2.05, 4.69) is 6.92 Å². The Labute approximate surface area is 213 Å². The average Bonchev–Trinajstić information content (AvgIpc) is 2.82. The number of ether oxygens (including phenoxy) is 2. The quantitative estimate of drug-likeness (QED) is 0.119. The van der Waals surface area contributed by atoms with Gasteiger partial charge in [-0.15, -0.1) is 0 Å². The molecule has 1 aromatic carbocycles. The molecule has 0 spiro atoms. The molecule has 1 rings (SSSR count). The van der Waals surface area contributed by atoms with Crippen LogP contribution in [0.15, 0.2) is 24.3 Å². The van der Waals surface area contributed by atoms with Crippen molar-refractivity contribution in [2.45, 2.75) is 122 Å². The number of hydrogen-bond donors (Lipinski definition) is 0. The van der Waals surface area contributed by atoms with Gasteiger partial charge in [0, 0.05) is 24.3 Å². The van der Waals surface area contributed by atoms with Crippen LogP contribution in [-0.4, -0.2) is 25.2 Å². The third kappa shape index (κ3) is 18.8. The van der Waals surface area contributed by atoms with Crippen molar-refractivity contribution in [2.75, 3.05) is 13.2 Å². The maximum absolute atomic E-state index is 11.8. The Hall–Kier alpha value is -1.55. The number of benzene rings is 1. The Kier molecular flexibility index (Phi) is 19.7. The van der Waals surface area contributed by atoms with Gasteiger partial charge in [0.1, 0.15) is 0 Å². The summed E-state index contributed by atoms with van der Waals surface area (Å²) in [7, 11) is 0. The van der Waals surface area contributed by atoms with Crippen LogP contribution in [0.3, 0.4) is 0 Å². The molecule has 0 radical (unpaired) electrons. The molecule has 34 heavy (non-hydrogen) atoms. The molecule has 1 aromatic rings. The van der Waals surface area contributed by atoms with Gasteiger partial charge in [0.2, 0.25) is 0 Å². The van der Waals surface area contributed by atoms with Crippen LogP contribution in [-0.2, 0) is 25.5 Å². The highest BCUT2D eigenvalue weighted by atomic mass is 35.5. The van der Waals surface area contributed by atoms with E-state index in [1.807, 2.05) is 24.3 Å². The smallest absolute Gasteiger partial charge is 0.305 e. The molecule has 0 atom stereocenters. The highest BCUT2D eigenvalue weighted by Gasteiger charge is 2.05. The van der Waals surface area contributed by atoms with E-state index in [0.717, 1.165) is 56.9 Å². The van der Waals surface area contributed by atoms with Gasteiger partial charge >= 0.3 is 11.9 Å². The minimum Gasteiger partial charge on any atom is -0.466 e. The molecular formula is C29H47ClO4. The van der Waals surface area contributed by atoms with Crippen molar-refractivity contribution in [1.82, 2.24) is 0 Å². The molecule has 0 heterocycles. The summed E-state index contributed by atoms with van der Waals surface area (Å²) in [5.74, 6) is -0.183. The van der Waals surface area contributed by atoms with E-state index < -0.39 is 0 Å². The van der Waals surface area contributed by atoms with Crippen molar-refractivity contribution >= 4 is 23.5 Å². The topological polar surface area (TPSA) is 52.6 Å². The van der Waals surface area contributed by atoms with E-state index in [0.29, 0.717) is 37.5 Å². The molecule has 0 aliphatic heterocycles. The second-order valence-electron chi connectivity index (χ2n) is 9.27. The maximum Gasteiger partial charge on any atom is 0.305 e. The normalized spacial score (nSPS) is 10.9. The fourth-order valence-electron chi connectivity index (χ4n) is 3.96. The molecule has 0 saturated carbocycles. The van der Waals surface area contributed by atoms with E-state index >= 15 is 0 Å². The van der Waals surface area contributed by atoms with Crippen LogP contribution in [0.4, 0.5) is 0 Å². The first-order valence-electron chi connectivity index (χ1n) is 13.7. The monoisotopic (exact) mass is 494 g/mol. The van der Waals surface area contributed by atoms with Crippen LogP contribution in [0, 0.1) is 0 Å². The summed E-state index contributed by atoms with van der Waals surface area (Å²) in [6.07, 6.45) is 19.1. The lowest BCUT2D eigenvalue weighted by molar-refractivity contribution is -0.144. The zero-order chi connectivity index (χ0) is 24.7. The van der Waals surface area contributed by atoms with E-state index in [1.54, 1.807) is 0 Å². The lowest BCUT2D eigenvalue weighted by Crippen LogP contribution is -2.07. The number of halogens is 1. The molecule has 0 amide bonds. The maximum atomic E-state index is 11.8. The zero-order valence-electron chi connectivity index (χ0n) is 21.5. The molecular weight excluding hydrogens is 448 g/mol. The molecule has 4 nitrogen and oxygen atoms in total. The zero-order valence-corrected chi connectivity index (χ0v) is 22.2. The third-order valence-corrected chi connectivity index (χ3v) is 6.30. The minimum absolute atomic E-state index is 0.0555.